The summed E-state index contributed by atoms with van der Waals surface area (Å²) in [5.41, 5.74) is 1.28. The predicted molar refractivity (Wildman–Crippen MR) is 154 cm³/mol. The van der Waals surface area contributed by atoms with Gasteiger partial charge in [0.05, 0.1) is 28.5 Å². The minimum Gasteiger partial charge on any atom is -0.462 e. The van der Waals surface area contributed by atoms with E-state index in [-0.39, 0.29) is 22.3 Å². The Morgan fingerprint density at radius 1 is 1.02 bits per heavy atom. The van der Waals surface area contributed by atoms with Crippen LogP contribution in [0.4, 0.5) is 5.69 Å². The van der Waals surface area contributed by atoms with Crippen LogP contribution in [0.2, 0.25) is 5.02 Å². The van der Waals surface area contributed by atoms with Crippen LogP contribution >= 0.6 is 23.4 Å². The largest absolute Gasteiger partial charge is 0.462 e. The van der Waals surface area contributed by atoms with Crippen molar-refractivity contribution in [2.24, 2.45) is 5.92 Å². The molecule has 3 aromatic rings. The van der Waals surface area contributed by atoms with Crippen molar-refractivity contribution in [3.05, 3.63) is 100 Å². The fraction of sp³-hybridized carbons (Fsp3) is 0.200. The second kappa shape index (κ2) is 13.2. The molecule has 2 atom stereocenters. The Hall–Kier alpha value is -4.26. The highest BCUT2D eigenvalue weighted by Crippen LogP contribution is 2.40. The lowest BCUT2D eigenvalue weighted by Gasteiger charge is -2.31. The molecule has 40 heavy (non-hydrogen) atoms. The summed E-state index contributed by atoms with van der Waals surface area (Å²) in [7, 11) is 0. The van der Waals surface area contributed by atoms with Gasteiger partial charge in [-0.3, -0.25) is 14.4 Å². The number of carbonyl (C=O) groups is 3. The van der Waals surface area contributed by atoms with E-state index in [1.54, 1.807) is 62.4 Å². The maximum absolute atomic E-state index is 13.1. The Morgan fingerprint density at radius 2 is 1.68 bits per heavy atom. The molecule has 0 aliphatic carbocycles. The average molecular weight is 576 g/mol. The second-order valence-corrected chi connectivity index (χ2v) is 10.5. The quantitative estimate of drug-likeness (QED) is 0.236. The summed E-state index contributed by atoms with van der Waals surface area (Å²) < 4.78 is 11.1. The van der Waals surface area contributed by atoms with Crippen molar-refractivity contribution in [1.82, 2.24) is 5.32 Å². The number of amides is 2. The Bertz CT molecular complexity index is 1450. The van der Waals surface area contributed by atoms with Gasteiger partial charge in [0.25, 0.3) is 0 Å². The third-order valence-electron chi connectivity index (χ3n) is 5.83. The van der Waals surface area contributed by atoms with Gasteiger partial charge in [-0.05, 0) is 67.9 Å². The maximum atomic E-state index is 13.1. The highest BCUT2D eigenvalue weighted by molar-refractivity contribution is 8.03. The van der Waals surface area contributed by atoms with E-state index >= 15 is 0 Å². The number of nitrogens with one attached hydrogen (secondary N) is 2. The van der Waals surface area contributed by atoms with Gasteiger partial charge in [-0.15, -0.1) is 0 Å². The van der Waals surface area contributed by atoms with E-state index in [1.807, 2.05) is 30.3 Å². The number of benzene rings is 3. The van der Waals surface area contributed by atoms with Crippen molar-refractivity contribution in [2.45, 2.75) is 25.9 Å². The average Bonchev–Trinajstić information content (AvgIpc) is 2.93. The van der Waals surface area contributed by atoms with Crippen molar-refractivity contribution in [1.29, 1.82) is 5.26 Å². The van der Waals surface area contributed by atoms with E-state index < -0.39 is 29.8 Å². The zero-order chi connectivity index (χ0) is 28.6. The van der Waals surface area contributed by atoms with Gasteiger partial charge >= 0.3 is 5.97 Å². The van der Waals surface area contributed by atoms with Gasteiger partial charge in [0, 0.05) is 16.6 Å². The lowest BCUT2D eigenvalue weighted by Crippen LogP contribution is -2.45. The van der Waals surface area contributed by atoms with Crippen molar-refractivity contribution in [3.63, 3.8) is 0 Å². The molecule has 10 heteroatoms. The highest BCUT2D eigenvalue weighted by Gasteiger charge is 2.44. The maximum Gasteiger partial charge on any atom is 0.319 e. The number of para-hydroxylation sites is 1. The van der Waals surface area contributed by atoms with Crippen molar-refractivity contribution in [3.8, 4) is 17.6 Å². The number of hydrogen-bond donors (Lipinski definition) is 2. The molecular weight excluding hydrogens is 550 g/mol. The van der Waals surface area contributed by atoms with Gasteiger partial charge in [-0.2, -0.15) is 5.26 Å². The van der Waals surface area contributed by atoms with Crippen LogP contribution in [0, 0.1) is 17.2 Å². The molecule has 0 saturated heterocycles. The second-order valence-electron chi connectivity index (χ2n) is 9.11. The first-order chi connectivity index (χ1) is 19.2. The van der Waals surface area contributed by atoms with E-state index in [0.717, 1.165) is 11.8 Å². The first-order valence-corrected chi connectivity index (χ1v) is 13.8. The molecule has 1 aliphatic rings. The van der Waals surface area contributed by atoms with Crippen LogP contribution in [0.1, 0.15) is 25.3 Å². The first kappa shape index (κ1) is 28.7. The number of ether oxygens (including phenoxy) is 2. The molecule has 0 spiro atoms. The summed E-state index contributed by atoms with van der Waals surface area (Å²) >= 11 is 7.04. The van der Waals surface area contributed by atoms with Crippen LogP contribution < -0.4 is 15.4 Å². The lowest BCUT2D eigenvalue weighted by molar-refractivity contribution is -0.156. The smallest absolute Gasteiger partial charge is 0.319 e. The van der Waals surface area contributed by atoms with E-state index in [4.69, 9.17) is 21.1 Å². The number of carbonyl (C=O) groups excluding carboxylic acids is 3. The van der Waals surface area contributed by atoms with Gasteiger partial charge in [0.15, 0.2) is 0 Å². The Morgan fingerprint density at radius 3 is 2.30 bits per heavy atom. The van der Waals surface area contributed by atoms with Gasteiger partial charge in [-0.1, -0.05) is 53.7 Å². The third kappa shape index (κ3) is 7.23. The van der Waals surface area contributed by atoms with Gasteiger partial charge < -0.3 is 20.1 Å². The van der Waals surface area contributed by atoms with Gasteiger partial charge in [0.1, 0.15) is 17.4 Å². The molecule has 8 nitrogen and oxygen atoms in total. The van der Waals surface area contributed by atoms with Gasteiger partial charge in [0.2, 0.25) is 11.8 Å². The molecule has 204 valence electrons. The van der Waals surface area contributed by atoms with E-state index in [1.165, 1.54) is 0 Å². The molecule has 2 amide bonds. The molecule has 1 aliphatic heterocycles. The molecule has 0 bridgehead atoms. The van der Waals surface area contributed by atoms with Crippen molar-refractivity contribution < 1.29 is 23.9 Å². The molecule has 0 fully saturated rings. The third-order valence-corrected chi connectivity index (χ3v) is 7.10. The van der Waals surface area contributed by atoms with Crippen LogP contribution in [0.5, 0.6) is 11.5 Å². The van der Waals surface area contributed by atoms with Crippen LogP contribution in [0.25, 0.3) is 0 Å². The standard InChI is InChI=1S/C30H26ClN3O5S/c1-18(2)38-30(37)27-26(19-8-10-20(31)11-9-19)24(16-32)29(34-28(27)36)40-17-25(35)33-21-12-14-23(15-13-21)39-22-6-4-3-5-7-22/h3-15,18,26-27H,17H2,1-2H3,(H,33,35)(H,34,36)/t26-,27-/m0/s1. The van der Waals surface area contributed by atoms with Gasteiger partial charge in [-0.25, -0.2) is 0 Å². The van der Waals surface area contributed by atoms with Crippen molar-refractivity contribution >= 4 is 46.8 Å². The molecule has 0 radical (unpaired) electrons. The number of esters is 1. The number of nitriles is 1. The summed E-state index contributed by atoms with van der Waals surface area (Å²) in [4.78, 5) is 38.8. The number of hydrogen-bond acceptors (Lipinski definition) is 7. The highest BCUT2D eigenvalue weighted by atomic mass is 35.5. The fourth-order valence-corrected chi connectivity index (χ4v) is 5.07. The number of rotatable bonds is 9. The fourth-order valence-electron chi connectivity index (χ4n) is 4.09. The summed E-state index contributed by atoms with van der Waals surface area (Å²) in [6, 6.07) is 24.9. The number of allylic oxidation sites excluding steroid dienone is 1. The molecule has 0 saturated carbocycles. The van der Waals surface area contributed by atoms with Crippen LogP contribution in [-0.4, -0.2) is 29.6 Å². The number of anilines is 1. The summed E-state index contributed by atoms with van der Waals surface area (Å²) in [6.07, 6.45) is -0.445. The van der Waals surface area contributed by atoms with E-state index in [0.29, 0.717) is 27.8 Å². The van der Waals surface area contributed by atoms with E-state index in [9.17, 15) is 19.6 Å². The van der Waals surface area contributed by atoms with Crippen LogP contribution in [-0.2, 0) is 19.1 Å². The normalized spacial score (nSPS) is 16.6. The summed E-state index contributed by atoms with van der Waals surface area (Å²) in [5, 5.41) is 16.2. The monoisotopic (exact) mass is 575 g/mol. The molecule has 0 unspecified atom stereocenters. The van der Waals surface area contributed by atoms with Crippen LogP contribution in [0.3, 0.4) is 0 Å². The zero-order valence-corrected chi connectivity index (χ0v) is 23.3. The first-order valence-electron chi connectivity index (χ1n) is 12.4. The molecule has 4 rings (SSSR count). The lowest BCUT2D eigenvalue weighted by atomic mass is 9.78. The number of halogens is 1. The molecule has 3 aromatic carbocycles. The van der Waals surface area contributed by atoms with Crippen LogP contribution in [0.15, 0.2) is 89.5 Å². The zero-order valence-electron chi connectivity index (χ0n) is 21.7. The van der Waals surface area contributed by atoms with Crippen molar-refractivity contribution in [2.75, 3.05) is 11.1 Å². The Balaban J connectivity index is 1.49. The number of thioether (sulfide) groups is 1. The minimum atomic E-state index is -1.27. The molecule has 0 aromatic heterocycles. The topological polar surface area (TPSA) is 118 Å². The van der Waals surface area contributed by atoms with E-state index in [2.05, 4.69) is 16.7 Å². The molecular formula is C30H26ClN3O5S. The SMILES string of the molecule is CC(C)OC(=O)[C@@H]1C(=O)NC(SCC(=O)Nc2ccc(Oc3ccccc3)cc2)=C(C#N)[C@@H]1c1ccc(Cl)cc1. The summed E-state index contributed by atoms with van der Waals surface area (Å²) in [5.74, 6) is -2.63. The molecule has 1 heterocycles. The minimum absolute atomic E-state index is 0.0858. The Labute approximate surface area is 241 Å². The number of nitrogens with zero attached hydrogens (tertiary/aromatic N) is 1. The molecule has 2 N–H and O–H groups in total. The Kier molecular flexibility index (Phi) is 9.48. The summed E-state index contributed by atoms with van der Waals surface area (Å²) in [6.45, 7) is 3.36. The predicted octanol–water partition coefficient (Wildman–Crippen LogP) is 6.02.